The summed E-state index contributed by atoms with van der Waals surface area (Å²) in [5.74, 6) is 0. The normalized spacial score (nSPS) is 5.83. The molecule has 12 heavy (non-hydrogen) atoms. The van der Waals surface area contributed by atoms with E-state index in [1.807, 2.05) is 0 Å². The summed E-state index contributed by atoms with van der Waals surface area (Å²) in [5, 5.41) is 0. The Morgan fingerprint density at radius 3 is 0.667 bits per heavy atom. The average Bonchev–Trinajstić information content (AvgIpc) is 1.25. The van der Waals surface area contributed by atoms with Gasteiger partial charge in [-0.15, -0.1) is 22.7 Å². The molecule has 0 saturated carbocycles. The third kappa shape index (κ3) is 152. The maximum absolute atomic E-state index is 8.44. The fraction of sp³-hybridized carbons (Fsp3) is 0. The van der Waals surface area contributed by atoms with Gasteiger partial charge in [-0.3, -0.25) is 8.42 Å². The molecule has 0 aliphatic heterocycles. The van der Waals surface area contributed by atoms with Crippen LogP contribution in [0.15, 0.2) is 0 Å². The van der Waals surface area contributed by atoms with Gasteiger partial charge in [-0.25, -0.2) is 0 Å². The molecule has 0 spiro atoms. The molecule has 0 amide bonds. The van der Waals surface area contributed by atoms with Gasteiger partial charge in [0.25, 0.3) is 0 Å². The first-order chi connectivity index (χ1) is 3.46. The summed E-state index contributed by atoms with van der Waals surface area (Å²) in [4.78, 5) is 0. The second-order valence-electron chi connectivity index (χ2n) is 0.408. The van der Waals surface area contributed by atoms with E-state index in [4.69, 9.17) is 26.6 Å². The molecule has 0 heterocycles. The van der Waals surface area contributed by atoms with Crippen LogP contribution in [0.25, 0.3) is 0 Å². The van der Waals surface area contributed by atoms with Crippen LogP contribution in [0.4, 0.5) is 0 Å². The molecular weight excluding hydrogens is 796 g/mol. The quantitative estimate of drug-likeness (QED) is 0.178. The fourth-order valence-corrected chi connectivity index (χ4v) is 0. The Hall–Kier alpha value is 3.91. The number of hydrogen-bond donors (Lipinski definition) is 0. The fourth-order valence-electron chi connectivity index (χ4n) is 0. The van der Waals surface area contributed by atoms with Crippen molar-refractivity contribution in [2.75, 3.05) is 0 Å². The molecule has 0 radical (unpaired) electrons. The van der Waals surface area contributed by atoms with Gasteiger partial charge in [0.05, 0.1) is 0 Å². The van der Waals surface area contributed by atoms with E-state index >= 15 is 0 Å². The van der Waals surface area contributed by atoms with Crippen molar-refractivity contribution in [3.8, 4) is 0 Å². The molecule has 0 aromatic rings. The summed E-state index contributed by atoms with van der Waals surface area (Å²) in [6.07, 6.45) is 0. The predicted octanol–water partition coefficient (Wildman–Crippen LogP) is -6.15. The Balaban J connectivity index is -0.0000000112. The minimum Gasteiger partial charge on any atom is -0.784 e. The van der Waals surface area contributed by atoms with Gasteiger partial charge in [0.15, 0.2) is 0 Å². The van der Waals surface area contributed by atoms with Crippen LogP contribution < -0.4 is 29.6 Å². The van der Waals surface area contributed by atoms with Crippen molar-refractivity contribution >= 4 is 105 Å². The molecule has 12 heteroatoms. The first kappa shape index (κ1) is 36.0. The van der Waals surface area contributed by atoms with Gasteiger partial charge in [0, 0.05) is 0 Å². The van der Waals surface area contributed by atoms with E-state index in [1.165, 1.54) is 0 Å². The topological polar surface area (TPSA) is 126 Å². The molecule has 0 unspecified atom stereocenters. The van der Waals surface area contributed by atoms with E-state index in [-0.39, 0.29) is 111 Å². The van der Waals surface area contributed by atoms with Crippen molar-refractivity contribution in [2.24, 2.45) is 0 Å². The minimum atomic E-state index is -3.11. The Kier molecular flexibility index (Phi) is 88.2. The number of hydrogen-bond acceptors (Lipinski definition) is 6. The molecule has 0 rings (SSSR count). The molecule has 0 atom stereocenters. The molecule has 0 aromatic carbocycles. The van der Waals surface area contributed by atoms with E-state index in [0.29, 0.717) is 0 Å². The molecule has 0 bridgehead atoms. The Labute approximate surface area is 157 Å². The van der Waals surface area contributed by atoms with Crippen molar-refractivity contribution in [3.05, 3.63) is 0 Å². The van der Waals surface area contributed by atoms with E-state index < -0.39 is 22.7 Å². The second kappa shape index (κ2) is 29.4. The van der Waals surface area contributed by atoms with Gasteiger partial charge in [0.2, 0.25) is 0 Å². The molecule has 0 aromatic heterocycles. The van der Waals surface area contributed by atoms with Gasteiger partial charge in [0.1, 0.15) is 0 Å². The molecule has 0 N–H and O–H groups in total. The second-order valence-corrected chi connectivity index (χ2v) is 1.22. The summed E-state index contributed by atoms with van der Waals surface area (Å²) in [5.41, 5.74) is 0. The smallest absolute Gasteiger partial charge is 0.784 e. The summed E-state index contributed by atoms with van der Waals surface area (Å²) in [6.45, 7) is 0. The van der Waals surface area contributed by atoms with Crippen LogP contribution in [-0.4, -0.2) is 109 Å². The van der Waals surface area contributed by atoms with Crippen LogP contribution in [0, 0.1) is 0 Å². The summed E-state index contributed by atoms with van der Waals surface area (Å²) in [6, 6.07) is 0. The molecule has 0 saturated heterocycles. The molecule has 0 aliphatic rings. The molecule has 58 valence electrons. The van der Waals surface area contributed by atoms with Crippen molar-refractivity contribution in [1.29, 1.82) is 0 Å². The van der Waals surface area contributed by atoms with Crippen molar-refractivity contribution in [3.63, 3.8) is 0 Å². The molecule has 0 aliphatic carbocycles. The van der Waals surface area contributed by atoms with Crippen molar-refractivity contribution in [1.82, 2.24) is 0 Å². The maximum atomic E-state index is 8.44. The SMILES string of the molecule is O=S([O-])[O-].O=S([O-])[O-].[Na+].[Tl+].[Tl+].[Tl+]. The van der Waals surface area contributed by atoms with Crippen LogP contribution in [-0.2, 0) is 22.7 Å². The van der Waals surface area contributed by atoms with Crippen molar-refractivity contribution in [2.45, 2.75) is 0 Å². The number of rotatable bonds is 0. The average molecular weight is 796 g/mol. The first-order valence-corrected chi connectivity index (χ1v) is 3.00. The first-order valence-electron chi connectivity index (χ1n) is 1.00. The molecule has 6 nitrogen and oxygen atoms in total. The monoisotopic (exact) mass is 798 g/mol. The zero-order chi connectivity index (χ0) is 7.15. The van der Waals surface area contributed by atoms with Gasteiger partial charge in [-0.05, 0) is 0 Å². The van der Waals surface area contributed by atoms with Gasteiger partial charge < -0.3 is 18.2 Å². The van der Waals surface area contributed by atoms with E-state index in [2.05, 4.69) is 0 Å². The largest absolute Gasteiger partial charge is 1.00 e. The zero-order valence-electron chi connectivity index (χ0n) is 6.00. The van der Waals surface area contributed by atoms with E-state index in [0.717, 1.165) is 0 Å². The predicted molar refractivity (Wildman–Crippen MR) is 36.7 cm³/mol. The van der Waals surface area contributed by atoms with E-state index in [1.54, 1.807) is 0 Å². The van der Waals surface area contributed by atoms with Crippen LogP contribution in [0.2, 0.25) is 0 Å². The van der Waals surface area contributed by atoms with Crippen molar-refractivity contribution < 1.29 is 56.2 Å². The van der Waals surface area contributed by atoms with Crippen LogP contribution in [0.5, 0.6) is 0 Å². The maximum Gasteiger partial charge on any atom is 1.00 e. The summed E-state index contributed by atoms with van der Waals surface area (Å²) >= 11 is -6.22. The molecular formula is NaO6S2Tl3. The van der Waals surface area contributed by atoms with Crippen LogP contribution in [0.1, 0.15) is 0 Å². The minimum absolute atomic E-state index is 0. The Morgan fingerprint density at radius 1 is 0.667 bits per heavy atom. The molecule has 0 fully saturated rings. The summed E-state index contributed by atoms with van der Waals surface area (Å²) < 4.78 is 50.7. The Bertz CT molecular complexity index is 78.8. The van der Waals surface area contributed by atoms with Gasteiger partial charge in [-0.2, -0.15) is 0 Å². The van der Waals surface area contributed by atoms with Crippen LogP contribution >= 0.6 is 0 Å². The standard InChI is InChI=1S/Na.2H2O3S.3Tl/c;2*1-4(2)3;;;/h;2*(H2,1,2,3);;;/q+1;;;3*+1/p-4. The Morgan fingerprint density at radius 2 is 0.667 bits per heavy atom. The van der Waals surface area contributed by atoms with E-state index in [9.17, 15) is 0 Å². The van der Waals surface area contributed by atoms with Crippen LogP contribution in [0.3, 0.4) is 0 Å². The third-order valence-electron chi connectivity index (χ3n) is 0. The third-order valence-corrected chi connectivity index (χ3v) is 0. The van der Waals surface area contributed by atoms with Gasteiger partial charge >= 0.3 is 111 Å². The van der Waals surface area contributed by atoms with Gasteiger partial charge in [-0.1, -0.05) is 0 Å². The zero-order valence-corrected chi connectivity index (χ0v) is 23.1. The summed E-state index contributed by atoms with van der Waals surface area (Å²) in [7, 11) is 0.